The van der Waals surface area contributed by atoms with E-state index < -0.39 is 4.92 Å². The summed E-state index contributed by atoms with van der Waals surface area (Å²) in [6, 6.07) is 3.48. The van der Waals surface area contributed by atoms with E-state index in [9.17, 15) is 10.1 Å². The van der Waals surface area contributed by atoms with Gasteiger partial charge in [-0.2, -0.15) is 0 Å². The third-order valence-electron chi connectivity index (χ3n) is 3.20. The summed E-state index contributed by atoms with van der Waals surface area (Å²) in [5, 5.41) is 14.1. The Bertz CT molecular complexity index is 465. The van der Waals surface area contributed by atoms with Gasteiger partial charge in [0, 0.05) is 25.2 Å². The van der Waals surface area contributed by atoms with Crippen molar-refractivity contribution in [2.75, 3.05) is 25.0 Å². The minimum absolute atomic E-state index is 0.0427. The first kappa shape index (κ1) is 14.0. The molecule has 0 radical (unpaired) electrons. The van der Waals surface area contributed by atoms with Crippen molar-refractivity contribution in [1.29, 1.82) is 0 Å². The smallest absolute Gasteiger partial charge is 0.311 e. The zero-order valence-electron chi connectivity index (χ0n) is 10.8. The zero-order chi connectivity index (χ0) is 13.8. The maximum absolute atomic E-state index is 10.9. The van der Waals surface area contributed by atoms with Crippen LogP contribution in [-0.2, 0) is 0 Å². The van der Waals surface area contributed by atoms with Crippen LogP contribution in [0.4, 0.5) is 11.5 Å². The molecule has 0 atom stereocenters. The summed E-state index contributed by atoms with van der Waals surface area (Å²) in [4.78, 5) is 16.8. The molecule has 0 aromatic carbocycles. The molecule has 1 aromatic rings. The van der Waals surface area contributed by atoms with Crippen molar-refractivity contribution in [2.45, 2.75) is 25.8 Å². The quantitative estimate of drug-likeness (QED) is 0.473. The highest BCUT2D eigenvalue weighted by Crippen LogP contribution is 2.27. The van der Waals surface area contributed by atoms with Crippen LogP contribution in [0.5, 0.6) is 0 Å². The van der Waals surface area contributed by atoms with E-state index in [0.717, 1.165) is 13.1 Å². The second kappa shape index (κ2) is 6.16. The van der Waals surface area contributed by atoms with E-state index in [2.05, 4.69) is 22.1 Å². The van der Waals surface area contributed by atoms with Crippen molar-refractivity contribution >= 4 is 23.1 Å². The lowest BCUT2D eigenvalue weighted by Gasteiger charge is -2.19. The molecule has 1 saturated carbocycles. The first-order valence-corrected chi connectivity index (χ1v) is 6.78. The second-order valence-electron chi connectivity index (χ2n) is 4.55. The third-order valence-corrected chi connectivity index (χ3v) is 3.41. The van der Waals surface area contributed by atoms with Gasteiger partial charge in [-0.1, -0.05) is 18.5 Å². The second-order valence-corrected chi connectivity index (χ2v) is 4.93. The predicted octanol–water partition coefficient (Wildman–Crippen LogP) is 2.54. The van der Waals surface area contributed by atoms with Crippen molar-refractivity contribution < 1.29 is 4.92 Å². The number of hydrogen-bond acceptors (Lipinski definition) is 5. The average molecular weight is 285 g/mol. The zero-order valence-corrected chi connectivity index (χ0v) is 11.6. The van der Waals surface area contributed by atoms with E-state index in [1.54, 1.807) is 0 Å². The highest BCUT2D eigenvalue weighted by molar-refractivity contribution is 6.29. The monoisotopic (exact) mass is 284 g/mol. The van der Waals surface area contributed by atoms with Crippen LogP contribution in [0.15, 0.2) is 12.1 Å². The molecule has 1 N–H and O–H groups in total. The molecule has 0 saturated heterocycles. The van der Waals surface area contributed by atoms with Gasteiger partial charge in [-0.05, 0) is 25.5 Å². The molecule has 0 bridgehead atoms. The number of nitro groups is 1. The highest BCUT2D eigenvalue weighted by atomic mass is 35.5. The van der Waals surface area contributed by atoms with Gasteiger partial charge < -0.3 is 5.32 Å². The van der Waals surface area contributed by atoms with E-state index in [0.29, 0.717) is 12.6 Å². The fourth-order valence-electron chi connectivity index (χ4n) is 2.06. The van der Waals surface area contributed by atoms with E-state index in [4.69, 9.17) is 11.6 Å². The molecular weight excluding hydrogens is 268 g/mol. The number of anilines is 1. The molecule has 1 fully saturated rings. The van der Waals surface area contributed by atoms with Crippen molar-refractivity contribution in [3.8, 4) is 0 Å². The summed E-state index contributed by atoms with van der Waals surface area (Å²) in [6.07, 6.45) is 2.51. The number of hydrogen-bond donors (Lipinski definition) is 1. The first-order chi connectivity index (χ1) is 9.11. The first-order valence-electron chi connectivity index (χ1n) is 6.40. The summed E-state index contributed by atoms with van der Waals surface area (Å²) in [6.45, 7) is 4.60. The Morgan fingerprint density at radius 2 is 2.32 bits per heavy atom. The average Bonchev–Trinajstić information content (AvgIpc) is 3.18. The van der Waals surface area contributed by atoms with Gasteiger partial charge in [-0.25, -0.2) is 4.98 Å². The molecular formula is C12H17ClN4O2. The third kappa shape index (κ3) is 3.78. The van der Waals surface area contributed by atoms with E-state index in [1.807, 2.05) is 0 Å². The van der Waals surface area contributed by atoms with Crippen LogP contribution in [0.3, 0.4) is 0 Å². The minimum atomic E-state index is -0.454. The Labute approximate surface area is 116 Å². The van der Waals surface area contributed by atoms with Gasteiger partial charge in [-0.3, -0.25) is 15.0 Å². The van der Waals surface area contributed by atoms with Crippen LogP contribution in [0.1, 0.15) is 19.8 Å². The molecule has 104 valence electrons. The molecule has 19 heavy (non-hydrogen) atoms. The van der Waals surface area contributed by atoms with Gasteiger partial charge in [0.05, 0.1) is 4.92 Å². The molecule has 0 aliphatic heterocycles. The molecule has 7 heteroatoms. The number of rotatable bonds is 7. The van der Waals surface area contributed by atoms with Crippen LogP contribution in [0.25, 0.3) is 0 Å². The Hall–Kier alpha value is -1.40. The maximum Gasteiger partial charge on any atom is 0.311 e. The molecule has 1 aliphatic carbocycles. The molecule has 2 rings (SSSR count). The van der Waals surface area contributed by atoms with E-state index in [1.165, 1.54) is 25.0 Å². The van der Waals surface area contributed by atoms with Crippen LogP contribution in [0.2, 0.25) is 5.15 Å². The summed E-state index contributed by atoms with van der Waals surface area (Å²) in [5.41, 5.74) is -0.0427. The van der Waals surface area contributed by atoms with Gasteiger partial charge in [0.25, 0.3) is 0 Å². The standard InChI is InChI=1S/C12H17ClN4O2/c1-2-16(9-3-4-9)8-7-14-12-10(17(18)19)5-6-11(13)15-12/h5-6,9H,2-4,7-8H2,1H3,(H,14,15). The number of halogens is 1. The molecule has 1 aliphatic rings. The van der Waals surface area contributed by atoms with Gasteiger partial charge in [0.15, 0.2) is 0 Å². The normalized spacial score (nSPS) is 14.7. The van der Waals surface area contributed by atoms with E-state index in [-0.39, 0.29) is 16.7 Å². The highest BCUT2D eigenvalue weighted by Gasteiger charge is 2.27. The Kier molecular flexibility index (Phi) is 4.55. The predicted molar refractivity (Wildman–Crippen MR) is 74.7 cm³/mol. The minimum Gasteiger partial charge on any atom is -0.363 e. The fourth-order valence-corrected chi connectivity index (χ4v) is 2.21. The lowest BCUT2D eigenvalue weighted by atomic mass is 10.4. The summed E-state index contributed by atoms with van der Waals surface area (Å²) in [5.74, 6) is 0.240. The number of pyridine rings is 1. The number of nitrogens with one attached hydrogen (secondary N) is 1. The van der Waals surface area contributed by atoms with E-state index >= 15 is 0 Å². The summed E-state index contributed by atoms with van der Waals surface area (Å²) in [7, 11) is 0. The van der Waals surface area contributed by atoms with Gasteiger partial charge in [-0.15, -0.1) is 0 Å². The van der Waals surface area contributed by atoms with Gasteiger partial charge in [0.2, 0.25) is 5.82 Å². The summed E-state index contributed by atoms with van der Waals surface area (Å²) < 4.78 is 0. The van der Waals surface area contributed by atoms with Crippen LogP contribution >= 0.6 is 11.6 Å². The molecule has 1 heterocycles. The van der Waals surface area contributed by atoms with Crippen LogP contribution in [0, 0.1) is 10.1 Å². The van der Waals surface area contributed by atoms with Crippen LogP contribution in [-0.4, -0.2) is 40.5 Å². The molecule has 1 aromatic heterocycles. The Morgan fingerprint density at radius 3 is 2.89 bits per heavy atom. The largest absolute Gasteiger partial charge is 0.363 e. The molecule has 6 nitrogen and oxygen atoms in total. The van der Waals surface area contributed by atoms with Gasteiger partial charge >= 0.3 is 5.69 Å². The fraction of sp³-hybridized carbons (Fsp3) is 0.583. The molecule has 0 spiro atoms. The molecule has 0 amide bonds. The number of aromatic nitrogens is 1. The topological polar surface area (TPSA) is 71.3 Å². The van der Waals surface area contributed by atoms with Crippen molar-refractivity contribution in [1.82, 2.24) is 9.88 Å². The number of nitrogens with zero attached hydrogens (tertiary/aromatic N) is 3. The van der Waals surface area contributed by atoms with Crippen molar-refractivity contribution in [3.05, 3.63) is 27.4 Å². The van der Waals surface area contributed by atoms with Crippen LogP contribution < -0.4 is 5.32 Å². The maximum atomic E-state index is 10.9. The summed E-state index contributed by atoms with van der Waals surface area (Å²) >= 11 is 5.77. The molecule has 0 unspecified atom stereocenters. The lowest BCUT2D eigenvalue weighted by Crippen LogP contribution is -2.31. The Morgan fingerprint density at radius 1 is 1.58 bits per heavy atom. The number of likely N-dealkylation sites (N-methyl/N-ethyl adjacent to an activating group) is 1. The van der Waals surface area contributed by atoms with Crippen molar-refractivity contribution in [2.24, 2.45) is 0 Å². The van der Waals surface area contributed by atoms with Crippen molar-refractivity contribution in [3.63, 3.8) is 0 Å². The lowest BCUT2D eigenvalue weighted by molar-refractivity contribution is -0.384. The SMILES string of the molecule is CCN(CCNc1nc(Cl)ccc1[N+](=O)[O-])C1CC1. The Balaban J connectivity index is 1.94. The van der Waals surface area contributed by atoms with Gasteiger partial charge in [0.1, 0.15) is 5.15 Å².